The van der Waals surface area contributed by atoms with E-state index in [0.29, 0.717) is 16.1 Å². The highest BCUT2D eigenvalue weighted by molar-refractivity contribution is 7.16. The van der Waals surface area contributed by atoms with E-state index in [-0.39, 0.29) is 30.0 Å². The van der Waals surface area contributed by atoms with Gasteiger partial charge in [-0.05, 0) is 31.5 Å². The van der Waals surface area contributed by atoms with Crippen LogP contribution in [0.3, 0.4) is 0 Å². The molecule has 0 saturated heterocycles. The van der Waals surface area contributed by atoms with E-state index in [0.717, 1.165) is 11.1 Å². The minimum Gasteiger partial charge on any atom is -0.461 e. The summed E-state index contributed by atoms with van der Waals surface area (Å²) in [6, 6.07) is 16.5. The number of carbonyl (C=O) groups is 2. The fourth-order valence-electron chi connectivity index (χ4n) is 3.30. The molecule has 0 fully saturated rings. The Morgan fingerprint density at radius 1 is 1.09 bits per heavy atom. The van der Waals surface area contributed by atoms with Crippen molar-refractivity contribution in [2.45, 2.75) is 20.3 Å². The highest BCUT2D eigenvalue weighted by Crippen LogP contribution is 2.30. The fraction of sp³-hybridized carbons (Fsp3) is 0.167. The number of fused-ring (bicyclic) bond motifs is 1. The van der Waals surface area contributed by atoms with Gasteiger partial charge in [0, 0.05) is 10.8 Å². The molecule has 2 aromatic carbocycles. The number of nitrogens with one attached hydrogen (secondary N) is 1. The second kappa shape index (κ2) is 9.15. The van der Waals surface area contributed by atoms with Crippen molar-refractivity contribution < 1.29 is 14.3 Å². The van der Waals surface area contributed by atoms with Crippen molar-refractivity contribution in [1.82, 2.24) is 9.78 Å². The number of amides is 1. The number of thiophene rings is 1. The topological polar surface area (TPSA) is 90.3 Å². The molecule has 0 aliphatic heterocycles. The molecule has 0 aliphatic carbocycles. The van der Waals surface area contributed by atoms with Gasteiger partial charge < -0.3 is 10.1 Å². The number of hydrogen-bond donors (Lipinski definition) is 1. The zero-order valence-corrected chi connectivity index (χ0v) is 18.4. The molecular formula is C24H21N3O4S. The van der Waals surface area contributed by atoms with E-state index in [1.807, 2.05) is 49.4 Å². The summed E-state index contributed by atoms with van der Waals surface area (Å²) in [5.74, 6) is -0.881. The molecule has 162 valence electrons. The minimum atomic E-state index is -0.627. The van der Waals surface area contributed by atoms with Crippen LogP contribution in [0.4, 0.5) is 5.00 Å². The van der Waals surface area contributed by atoms with Crippen LogP contribution in [0.2, 0.25) is 0 Å². The van der Waals surface area contributed by atoms with Crippen molar-refractivity contribution in [1.29, 1.82) is 0 Å². The third kappa shape index (κ3) is 4.31. The molecular weight excluding hydrogens is 426 g/mol. The van der Waals surface area contributed by atoms with Gasteiger partial charge in [0.25, 0.3) is 5.56 Å². The maximum absolute atomic E-state index is 13.4. The third-order valence-electron chi connectivity index (χ3n) is 4.86. The van der Waals surface area contributed by atoms with Gasteiger partial charge in [-0.3, -0.25) is 9.59 Å². The molecule has 0 unspecified atom stereocenters. The average Bonchev–Trinajstić information content (AvgIpc) is 3.19. The predicted octanol–water partition coefficient (Wildman–Crippen LogP) is 4.11. The molecule has 0 bridgehead atoms. The first-order valence-corrected chi connectivity index (χ1v) is 11.0. The number of hydrogen-bond acceptors (Lipinski definition) is 6. The van der Waals surface area contributed by atoms with E-state index < -0.39 is 11.5 Å². The summed E-state index contributed by atoms with van der Waals surface area (Å²) in [5.41, 5.74) is 2.01. The van der Waals surface area contributed by atoms with Gasteiger partial charge in [0.15, 0.2) is 5.69 Å². The number of benzene rings is 2. The van der Waals surface area contributed by atoms with Crippen LogP contribution in [0.5, 0.6) is 0 Å². The summed E-state index contributed by atoms with van der Waals surface area (Å²) in [6.07, 6.45) is 0.169. The van der Waals surface area contributed by atoms with Gasteiger partial charge in [-0.2, -0.15) is 9.78 Å². The van der Waals surface area contributed by atoms with E-state index in [9.17, 15) is 14.4 Å². The zero-order valence-electron chi connectivity index (χ0n) is 17.6. The van der Waals surface area contributed by atoms with Crippen LogP contribution in [0.1, 0.15) is 28.5 Å². The number of aryl methyl sites for hydroxylation is 1. The lowest BCUT2D eigenvalue weighted by Crippen LogP contribution is -2.25. The second-order valence-corrected chi connectivity index (χ2v) is 8.07. The largest absolute Gasteiger partial charge is 0.461 e. The molecule has 0 atom stereocenters. The van der Waals surface area contributed by atoms with Gasteiger partial charge in [0.2, 0.25) is 5.91 Å². The highest BCUT2D eigenvalue weighted by atomic mass is 32.1. The molecule has 4 aromatic rings. The van der Waals surface area contributed by atoms with Gasteiger partial charge in [-0.25, -0.2) is 4.79 Å². The lowest BCUT2D eigenvalue weighted by molar-refractivity contribution is -0.115. The van der Waals surface area contributed by atoms with Gasteiger partial charge >= 0.3 is 5.97 Å². The Hall–Kier alpha value is -3.78. The predicted molar refractivity (Wildman–Crippen MR) is 125 cm³/mol. The summed E-state index contributed by atoms with van der Waals surface area (Å²) < 4.78 is 6.33. The first kappa shape index (κ1) is 21.5. The lowest BCUT2D eigenvalue weighted by atomic mass is 10.1. The number of rotatable bonds is 6. The summed E-state index contributed by atoms with van der Waals surface area (Å²) in [4.78, 5) is 38.6. The normalized spacial score (nSPS) is 10.8. The number of anilines is 1. The van der Waals surface area contributed by atoms with Crippen molar-refractivity contribution in [2.75, 3.05) is 11.9 Å². The van der Waals surface area contributed by atoms with Crippen LogP contribution in [-0.2, 0) is 16.0 Å². The van der Waals surface area contributed by atoms with Crippen LogP contribution in [0, 0.1) is 6.92 Å². The molecule has 32 heavy (non-hydrogen) atoms. The van der Waals surface area contributed by atoms with Crippen molar-refractivity contribution in [3.63, 3.8) is 0 Å². The quantitative estimate of drug-likeness (QED) is 0.449. The maximum atomic E-state index is 13.4. The molecule has 0 spiro atoms. The number of nitrogens with zero attached hydrogens (tertiary/aromatic N) is 2. The fourth-order valence-corrected chi connectivity index (χ4v) is 4.26. The van der Waals surface area contributed by atoms with Gasteiger partial charge in [0.1, 0.15) is 5.00 Å². The molecule has 0 radical (unpaired) electrons. The Kier molecular flexibility index (Phi) is 6.13. The van der Waals surface area contributed by atoms with Crippen molar-refractivity contribution >= 4 is 39.0 Å². The first-order chi connectivity index (χ1) is 15.5. The van der Waals surface area contributed by atoms with Gasteiger partial charge in [-0.15, -0.1) is 11.3 Å². The Morgan fingerprint density at radius 3 is 2.50 bits per heavy atom. The van der Waals surface area contributed by atoms with Crippen molar-refractivity contribution in [3.05, 3.63) is 87.2 Å². The molecule has 7 nitrogen and oxygen atoms in total. The summed E-state index contributed by atoms with van der Waals surface area (Å²) >= 11 is 1.18. The minimum absolute atomic E-state index is 0.0295. The van der Waals surface area contributed by atoms with Crippen LogP contribution < -0.4 is 10.9 Å². The summed E-state index contributed by atoms with van der Waals surface area (Å²) in [7, 11) is 0. The van der Waals surface area contributed by atoms with Gasteiger partial charge in [0.05, 0.1) is 24.1 Å². The lowest BCUT2D eigenvalue weighted by Gasteiger charge is -2.10. The van der Waals surface area contributed by atoms with E-state index in [1.54, 1.807) is 24.4 Å². The Morgan fingerprint density at radius 2 is 1.81 bits per heavy atom. The molecule has 2 heterocycles. The number of ether oxygens (including phenoxy) is 1. The molecule has 1 amide bonds. The molecule has 4 rings (SSSR count). The standard InChI is InChI=1S/C24H21N3O4S/c1-3-31-24(30)21-18-14-32-22(25-19(28)13-16-7-5-4-6-8-16)20(18)23(29)27(26-21)17-11-9-15(2)10-12-17/h4-12,14H,3,13H2,1-2H3,(H,25,28). The maximum Gasteiger partial charge on any atom is 0.359 e. The van der Waals surface area contributed by atoms with Crippen molar-refractivity contribution in [2.24, 2.45) is 0 Å². The first-order valence-electron chi connectivity index (χ1n) is 10.1. The smallest absolute Gasteiger partial charge is 0.359 e. The second-order valence-electron chi connectivity index (χ2n) is 7.19. The van der Waals surface area contributed by atoms with Crippen LogP contribution in [0.15, 0.2) is 64.8 Å². The monoisotopic (exact) mass is 447 g/mol. The number of carbonyl (C=O) groups excluding carboxylic acids is 2. The molecule has 1 N–H and O–H groups in total. The van der Waals surface area contributed by atoms with E-state index >= 15 is 0 Å². The molecule has 8 heteroatoms. The average molecular weight is 448 g/mol. The summed E-state index contributed by atoms with van der Waals surface area (Å²) in [5, 5.41) is 9.74. The number of esters is 1. The van der Waals surface area contributed by atoms with Gasteiger partial charge in [-0.1, -0.05) is 48.0 Å². The van der Waals surface area contributed by atoms with Crippen LogP contribution >= 0.6 is 11.3 Å². The SMILES string of the molecule is CCOC(=O)c1nn(-c2ccc(C)cc2)c(=O)c2c(NC(=O)Cc3ccccc3)scc12. The molecule has 0 aliphatic rings. The highest BCUT2D eigenvalue weighted by Gasteiger charge is 2.23. The van der Waals surface area contributed by atoms with Crippen LogP contribution in [-0.4, -0.2) is 28.3 Å². The van der Waals surface area contributed by atoms with Crippen LogP contribution in [0.25, 0.3) is 16.5 Å². The Balaban J connectivity index is 1.81. The van der Waals surface area contributed by atoms with Crippen molar-refractivity contribution in [3.8, 4) is 5.69 Å². The van der Waals surface area contributed by atoms with E-state index in [4.69, 9.17) is 4.74 Å². The number of aromatic nitrogens is 2. The Labute approximate surface area is 188 Å². The third-order valence-corrected chi connectivity index (χ3v) is 5.76. The summed E-state index contributed by atoms with van der Waals surface area (Å²) in [6.45, 7) is 3.82. The zero-order chi connectivity index (χ0) is 22.7. The van der Waals surface area contributed by atoms with E-state index in [2.05, 4.69) is 10.4 Å². The Bertz CT molecular complexity index is 1340. The van der Waals surface area contributed by atoms with E-state index in [1.165, 1.54) is 16.0 Å². The molecule has 2 aromatic heterocycles. The molecule has 0 saturated carbocycles.